The van der Waals surface area contributed by atoms with Crippen molar-refractivity contribution in [2.75, 3.05) is 13.1 Å². The number of hydrogen-bond acceptors (Lipinski definition) is 5. The van der Waals surface area contributed by atoms with Gasteiger partial charge in [-0.05, 0) is 57.9 Å². The van der Waals surface area contributed by atoms with Crippen molar-refractivity contribution < 1.29 is 18.7 Å². The van der Waals surface area contributed by atoms with Gasteiger partial charge in [0.05, 0.1) is 5.56 Å². The number of likely N-dealkylation sites (tertiary alicyclic amines) is 1. The Morgan fingerprint density at radius 1 is 1.06 bits per heavy atom. The van der Waals surface area contributed by atoms with Crippen LogP contribution in [0.3, 0.4) is 0 Å². The predicted molar refractivity (Wildman–Crippen MR) is 118 cm³/mol. The summed E-state index contributed by atoms with van der Waals surface area (Å²) in [4.78, 5) is 31.4. The van der Waals surface area contributed by atoms with Crippen LogP contribution < -0.4 is 5.32 Å². The molecule has 0 spiro atoms. The Labute approximate surface area is 181 Å². The van der Waals surface area contributed by atoms with Gasteiger partial charge >= 0.3 is 6.09 Å². The fraction of sp³-hybridized carbons (Fsp3) is 0.375. The number of nitrogens with zero attached hydrogens (tertiary/aromatic N) is 2. The number of ether oxygens (including phenoxy) is 1. The molecule has 0 radical (unpaired) electrons. The molecule has 7 nitrogen and oxygen atoms in total. The Kier molecular flexibility index (Phi) is 5.67. The molecule has 1 aromatic heterocycles. The highest BCUT2D eigenvalue weighted by molar-refractivity contribution is 6.04. The molecule has 0 unspecified atom stereocenters. The summed E-state index contributed by atoms with van der Waals surface area (Å²) in [7, 11) is 0. The molecule has 3 aromatic rings. The quantitative estimate of drug-likeness (QED) is 0.667. The Morgan fingerprint density at radius 2 is 1.77 bits per heavy atom. The first-order valence-corrected chi connectivity index (χ1v) is 10.5. The molecule has 4 rings (SSSR count). The van der Waals surface area contributed by atoms with Crippen molar-refractivity contribution in [2.24, 2.45) is 0 Å². The SMILES string of the molecule is CC(C)(C)OC(=O)N1CCC(NC(=O)c2cccc3nc(-c4ccccc4)oc23)CC1. The summed E-state index contributed by atoms with van der Waals surface area (Å²) in [5.74, 6) is 0.290. The van der Waals surface area contributed by atoms with Crippen molar-refractivity contribution in [3.05, 3.63) is 54.1 Å². The largest absolute Gasteiger partial charge is 0.444 e. The van der Waals surface area contributed by atoms with Gasteiger partial charge in [-0.25, -0.2) is 9.78 Å². The summed E-state index contributed by atoms with van der Waals surface area (Å²) in [6.07, 6.45) is 1.04. The number of oxazole rings is 1. The number of amides is 2. The van der Waals surface area contributed by atoms with Gasteiger partial charge in [0.15, 0.2) is 5.58 Å². The van der Waals surface area contributed by atoms with E-state index in [2.05, 4.69) is 10.3 Å². The molecule has 1 aliphatic heterocycles. The smallest absolute Gasteiger partial charge is 0.410 e. The molecule has 0 saturated carbocycles. The fourth-order valence-electron chi connectivity index (χ4n) is 3.63. The summed E-state index contributed by atoms with van der Waals surface area (Å²) < 4.78 is 11.4. The lowest BCUT2D eigenvalue weighted by atomic mass is 10.0. The molecule has 2 aromatic carbocycles. The number of para-hydroxylation sites is 1. The first-order chi connectivity index (χ1) is 14.8. The molecule has 2 amide bonds. The minimum Gasteiger partial charge on any atom is -0.444 e. The van der Waals surface area contributed by atoms with E-state index in [1.165, 1.54) is 0 Å². The normalized spacial score (nSPS) is 15.1. The van der Waals surface area contributed by atoms with Crippen molar-refractivity contribution in [1.82, 2.24) is 15.2 Å². The third-order valence-electron chi connectivity index (χ3n) is 5.16. The lowest BCUT2D eigenvalue weighted by Crippen LogP contribution is -2.47. The number of aromatic nitrogens is 1. The van der Waals surface area contributed by atoms with Crippen molar-refractivity contribution in [3.8, 4) is 11.5 Å². The Bertz CT molecular complexity index is 1080. The van der Waals surface area contributed by atoms with Crippen molar-refractivity contribution in [1.29, 1.82) is 0 Å². The molecular weight excluding hydrogens is 394 g/mol. The van der Waals surface area contributed by atoms with Gasteiger partial charge in [-0.2, -0.15) is 0 Å². The van der Waals surface area contributed by atoms with Gasteiger partial charge in [-0.1, -0.05) is 24.3 Å². The van der Waals surface area contributed by atoms with Gasteiger partial charge in [0, 0.05) is 24.7 Å². The Hall–Kier alpha value is -3.35. The predicted octanol–water partition coefficient (Wildman–Crippen LogP) is 4.62. The zero-order valence-electron chi connectivity index (χ0n) is 18.1. The second kappa shape index (κ2) is 8.41. The third kappa shape index (κ3) is 4.87. The van der Waals surface area contributed by atoms with Crippen LogP contribution in [0.4, 0.5) is 4.79 Å². The van der Waals surface area contributed by atoms with E-state index in [0.29, 0.717) is 48.5 Å². The topological polar surface area (TPSA) is 84.7 Å². The molecule has 7 heteroatoms. The van der Waals surface area contributed by atoms with Crippen molar-refractivity contribution in [3.63, 3.8) is 0 Å². The average molecular weight is 421 g/mol. The number of carbonyl (C=O) groups is 2. The van der Waals surface area contributed by atoms with Gasteiger partial charge in [-0.15, -0.1) is 0 Å². The van der Waals surface area contributed by atoms with Crippen LogP contribution in [0.5, 0.6) is 0 Å². The van der Waals surface area contributed by atoms with E-state index in [0.717, 1.165) is 5.56 Å². The molecule has 1 fully saturated rings. The first-order valence-electron chi connectivity index (χ1n) is 10.5. The number of nitrogens with one attached hydrogen (secondary N) is 1. The van der Waals surface area contributed by atoms with Crippen LogP contribution in [-0.4, -0.2) is 46.6 Å². The average Bonchev–Trinajstić information content (AvgIpc) is 3.18. The van der Waals surface area contributed by atoms with Crippen LogP contribution in [0.1, 0.15) is 44.0 Å². The minimum atomic E-state index is -0.517. The van der Waals surface area contributed by atoms with Gasteiger partial charge in [0.2, 0.25) is 5.89 Å². The molecule has 0 bridgehead atoms. The van der Waals surface area contributed by atoms with E-state index in [-0.39, 0.29) is 18.0 Å². The summed E-state index contributed by atoms with van der Waals surface area (Å²) in [5.41, 5.74) is 1.92. The highest BCUT2D eigenvalue weighted by Gasteiger charge is 2.28. The molecule has 0 aliphatic carbocycles. The van der Waals surface area contributed by atoms with Gasteiger partial charge in [-0.3, -0.25) is 4.79 Å². The van der Waals surface area contributed by atoms with Crippen molar-refractivity contribution in [2.45, 2.75) is 45.3 Å². The van der Waals surface area contributed by atoms with Crippen molar-refractivity contribution >= 4 is 23.1 Å². The van der Waals surface area contributed by atoms with Gasteiger partial charge in [0.25, 0.3) is 5.91 Å². The second-order valence-corrected chi connectivity index (χ2v) is 8.75. The fourth-order valence-corrected chi connectivity index (χ4v) is 3.63. The van der Waals surface area contributed by atoms with Crippen LogP contribution in [0.2, 0.25) is 0 Å². The molecule has 0 atom stereocenters. The lowest BCUT2D eigenvalue weighted by molar-refractivity contribution is 0.0199. The standard InChI is InChI=1S/C24H27N3O4/c1-24(2,3)31-23(29)27-14-12-17(13-15-27)25-21(28)18-10-7-11-19-20(18)30-22(26-19)16-8-5-4-6-9-16/h4-11,17H,12-15H2,1-3H3,(H,25,28). The molecule has 1 saturated heterocycles. The van der Waals surface area contributed by atoms with Gasteiger partial charge in [0.1, 0.15) is 11.1 Å². The molecule has 162 valence electrons. The maximum Gasteiger partial charge on any atom is 0.410 e. The highest BCUT2D eigenvalue weighted by atomic mass is 16.6. The number of carbonyl (C=O) groups excluding carboxylic acids is 2. The maximum atomic E-state index is 13.0. The van der Waals surface area contributed by atoms with Crippen LogP contribution in [-0.2, 0) is 4.74 Å². The van der Waals surface area contributed by atoms with E-state index in [4.69, 9.17) is 9.15 Å². The summed E-state index contributed by atoms with van der Waals surface area (Å²) in [6.45, 7) is 6.65. The lowest BCUT2D eigenvalue weighted by Gasteiger charge is -2.33. The molecule has 1 N–H and O–H groups in total. The van der Waals surface area contributed by atoms with Crippen LogP contribution in [0.15, 0.2) is 52.9 Å². The molecular formula is C24H27N3O4. The number of benzene rings is 2. The zero-order valence-corrected chi connectivity index (χ0v) is 18.1. The summed E-state index contributed by atoms with van der Waals surface area (Å²) in [5, 5.41) is 3.08. The van der Waals surface area contributed by atoms with Crippen LogP contribution >= 0.6 is 0 Å². The first kappa shape index (κ1) is 20.9. The second-order valence-electron chi connectivity index (χ2n) is 8.75. The highest BCUT2D eigenvalue weighted by Crippen LogP contribution is 2.27. The number of rotatable bonds is 3. The monoisotopic (exact) mass is 421 g/mol. The molecule has 1 aliphatic rings. The summed E-state index contributed by atoms with van der Waals surface area (Å²) >= 11 is 0. The third-order valence-corrected chi connectivity index (χ3v) is 5.16. The number of piperidine rings is 1. The number of fused-ring (bicyclic) bond motifs is 1. The molecule has 31 heavy (non-hydrogen) atoms. The van der Waals surface area contributed by atoms with Crippen LogP contribution in [0.25, 0.3) is 22.6 Å². The van der Waals surface area contributed by atoms with Crippen LogP contribution in [0, 0.1) is 0 Å². The van der Waals surface area contributed by atoms with E-state index in [1.807, 2.05) is 57.2 Å². The Balaban J connectivity index is 1.43. The minimum absolute atomic E-state index is 0.0158. The van der Waals surface area contributed by atoms with E-state index in [1.54, 1.807) is 17.0 Å². The summed E-state index contributed by atoms with van der Waals surface area (Å²) in [6, 6.07) is 15.0. The van der Waals surface area contributed by atoms with E-state index < -0.39 is 5.60 Å². The zero-order chi connectivity index (χ0) is 22.0. The number of hydrogen-bond donors (Lipinski definition) is 1. The Morgan fingerprint density at radius 3 is 2.45 bits per heavy atom. The van der Waals surface area contributed by atoms with E-state index in [9.17, 15) is 9.59 Å². The maximum absolute atomic E-state index is 13.0. The van der Waals surface area contributed by atoms with Gasteiger partial charge < -0.3 is 19.4 Å². The molecule has 2 heterocycles. The van der Waals surface area contributed by atoms with E-state index >= 15 is 0 Å².